The van der Waals surface area contributed by atoms with E-state index >= 15 is 0 Å². The Kier molecular flexibility index (Phi) is 3.73. The molecule has 20 heavy (non-hydrogen) atoms. The number of nitro groups is 1. The van der Waals surface area contributed by atoms with Crippen LogP contribution in [0.5, 0.6) is 0 Å². The van der Waals surface area contributed by atoms with E-state index in [9.17, 15) is 15.0 Å². The van der Waals surface area contributed by atoms with Gasteiger partial charge in [-0.2, -0.15) is 0 Å². The highest BCUT2D eigenvalue weighted by Gasteiger charge is 2.52. The molecule has 2 aliphatic rings. The van der Waals surface area contributed by atoms with Gasteiger partial charge in [0, 0.05) is 11.3 Å². The molecule has 4 atom stereocenters. The summed E-state index contributed by atoms with van der Waals surface area (Å²) in [6.07, 6.45) is 3.43. The topological polar surface area (TPSA) is 72.6 Å². The monoisotopic (exact) mass is 280 g/mol. The van der Waals surface area contributed by atoms with Crippen molar-refractivity contribution < 1.29 is 4.92 Å². The molecule has 0 N–H and O–H groups in total. The van der Waals surface area contributed by atoms with Gasteiger partial charge in [0.05, 0.1) is 0 Å². The average Bonchev–Trinajstić information content (AvgIpc) is 2.39. The minimum atomic E-state index is -1.09. The van der Waals surface area contributed by atoms with Gasteiger partial charge in [-0.05, 0) is 49.9 Å². The zero-order chi connectivity index (χ0) is 15.1. The molecule has 0 aromatic carbocycles. The molecule has 0 bridgehead atoms. The van der Waals surface area contributed by atoms with Gasteiger partial charge in [-0.1, -0.05) is 31.2 Å². The van der Waals surface area contributed by atoms with Crippen molar-refractivity contribution >= 4 is 0 Å². The summed E-state index contributed by atoms with van der Waals surface area (Å²) in [5, 5.41) is 14.5. The van der Waals surface area contributed by atoms with E-state index in [0.29, 0.717) is 31.1 Å². The summed E-state index contributed by atoms with van der Waals surface area (Å²) in [4.78, 5) is 22.2. The number of hydrogen-bond donors (Lipinski definition) is 0. The molecule has 112 valence electrons. The van der Waals surface area contributed by atoms with Gasteiger partial charge in [-0.25, -0.2) is 0 Å². The smallest absolute Gasteiger partial charge is 0.241 e. The molecule has 0 aliphatic heterocycles. The highest BCUT2D eigenvalue weighted by Crippen LogP contribution is 2.57. The van der Waals surface area contributed by atoms with Crippen LogP contribution in [-0.2, 0) is 0 Å². The summed E-state index contributed by atoms with van der Waals surface area (Å²) in [6.45, 7) is 10.2. The number of rotatable bonds is 2. The molecule has 0 spiro atoms. The standard InChI is InChI=1S/C15H24N2O3/c1-10-5-6-13(17(19)20)15(4,16-18)8-7-12-11(10)9-14(12,2)3/h11-13H,1,5-9H2,2-4H3. The quantitative estimate of drug-likeness (QED) is 0.333. The number of hydrogen-bond acceptors (Lipinski definition) is 4. The third-order valence-corrected chi connectivity index (χ3v) is 5.64. The lowest BCUT2D eigenvalue weighted by Gasteiger charge is -2.53. The highest BCUT2D eigenvalue weighted by atomic mass is 16.6. The zero-order valence-corrected chi connectivity index (χ0v) is 12.6. The molecule has 0 radical (unpaired) electrons. The molecule has 5 nitrogen and oxygen atoms in total. The van der Waals surface area contributed by atoms with Gasteiger partial charge in [0.25, 0.3) is 0 Å². The maximum atomic E-state index is 11.3. The summed E-state index contributed by atoms with van der Waals surface area (Å²) in [5.41, 5.74) is 0.271. The second-order valence-electron chi connectivity index (χ2n) is 7.39. The molecule has 2 fully saturated rings. The molecule has 0 aromatic heterocycles. The second kappa shape index (κ2) is 4.93. The maximum Gasteiger partial charge on any atom is 0.241 e. The molecular weight excluding hydrogens is 256 g/mol. The van der Waals surface area contributed by atoms with E-state index in [-0.39, 0.29) is 10.3 Å². The normalized spacial score (nSPS) is 40.5. The third-order valence-electron chi connectivity index (χ3n) is 5.64. The van der Waals surface area contributed by atoms with Crippen LogP contribution in [-0.4, -0.2) is 16.5 Å². The summed E-state index contributed by atoms with van der Waals surface area (Å²) in [5.74, 6) is 0.938. The zero-order valence-electron chi connectivity index (χ0n) is 12.6. The molecule has 0 heterocycles. The Hall–Kier alpha value is -1.26. The van der Waals surface area contributed by atoms with Crippen LogP contribution in [0.2, 0.25) is 0 Å². The van der Waals surface area contributed by atoms with Crippen molar-refractivity contribution in [1.82, 2.24) is 0 Å². The first-order valence-corrected chi connectivity index (χ1v) is 7.37. The Morgan fingerprint density at radius 2 is 2.00 bits per heavy atom. The van der Waals surface area contributed by atoms with E-state index in [1.165, 1.54) is 0 Å². The predicted molar refractivity (Wildman–Crippen MR) is 78.0 cm³/mol. The lowest BCUT2D eigenvalue weighted by Crippen LogP contribution is -2.46. The molecule has 4 unspecified atom stereocenters. The highest BCUT2D eigenvalue weighted by molar-refractivity contribution is 5.15. The number of fused-ring (bicyclic) bond motifs is 1. The van der Waals surface area contributed by atoms with Gasteiger partial charge < -0.3 is 0 Å². The fourth-order valence-corrected chi connectivity index (χ4v) is 4.14. The second-order valence-corrected chi connectivity index (χ2v) is 7.39. The summed E-state index contributed by atoms with van der Waals surface area (Å²) >= 11 is 0. The first-order chi connectivity index (χ1) is 9.21. The van der Waals surface area contributed by atoms with Crippen molar-refractivity contribution in [2.24, 2.45) is 22.4 Å². The summed E-state index contributed by atoms with van der Waals surface area (Å²) < 4.78 is 0. The van der Waals surface area contributed by atoms with Gasteiger partial charge >= 0.3 is 0 Å². The van der Waals surface area contributed by atoms with Crippen molar-refractivity contribution in [1.29, 1.82) is 0 Å². The van der Waals surface area contributed by atoms with Crippen molar-refractivity contribution in [2.75, 3.05) is 0 Å². The first-order valence-electron chi connectivity index (χ1n) is 7.37. The maximum absolute atomic E-state index is 11.3. The first kappa shape index (κ1) is 15.1. The van der Waals surface area contributed by atoms with Crippen molar-refractivity contribution in [2.45, 2.75) is 64.5 Å². The Balaban J connectivity index is 2.27. The van der Waals surface area contributed by atoms with E-state index in [2.05, 4.69) is 25.6 Å². The van der Waals surface area contributed by atoms with Crippen LogP contribution in [0.3, 0.4) is 0 Å². The molecular formula is C15H24N2O3. The van der Waals surface area contributed by atoms with Crippen molar-refractivity contribution in [3.8, 4) is 0 Å². The van der Waals surface area contributed by atoms with Crippen LogP contribution in [0.4, 0.5) is 0 Å². The fourth-order valence-electron chi connectivity index (χ4n) is 4.14. The molecule has 2 rings (SSSR count). The molecule has 0 aromatic rings. The molecule has 2 saturated carbocycles. The SMILES string of the molecule is C=C1CCC([N+](=O)[O-])C(C)(N=O)CCC2C1CC2(C)C. The van der Waals surface area contributed by atoms with E-state index in [1.807, 2.05) is 0 Å². The van der Waals surface area contributed by atoms with E-state index in [1.54, 1.807) is 6.92 Å². The Bertz CT molecular complexity index is 446. The predicted octanol–water partition coefficient (Wildman–Crippen LogP) is 3.95. The average molecular weight is 280 g/mol. The van der Waals surface area contributed by atoms with E-state index in [4.69, 9.17) is 0 Å². The van der Waals surface area contributed by atoms with Crippen LogP contribution in [0, 0.1) is 32.3 Å². The molecule has 0 amide bonds. The third kappa shape index (κ3) is 2.38. The van der Waals surface area contributed by atoms with Gasteiger partial charge in [0.2, 0.25) is 6.04 Å². The minimum Gasteiger partial charge on any atom is -0.264 e. The van der Waals surface area contributed by atoms with Crippen LogP contribution >= 0.6 is 0 Å². The molecule has 0 saturated heterocycles. The fraction of sp³-hybridized carbons (Fsp3) is 0.867. The van der Waals surface area contributed by atoms with Crippen LogP contribution in [0.15, 0.2) is 17.3 Å². The van der Waals surface area contributed by atoms with Crippen molar-refractivity contribution in [3.63, 3.8) is 0 Å². The van der Waals surface area contributed by atoms with Crippen LogP contribution in [0.1, 0.15) is 52.9 Å². The van der Waals surface area contributed by atoms with Gasteiger partial charge in [0.1, 0.15) is 0 Å². The van der Waals surface area contributed by atoms with Gasteiger partial charge in [0.15, 0.2) is 5.54 Å². The van der Waals surface area contributed by atoms with Gasteiger partial charge in [-0.3, -0.25) is 10.1 Å². The largest absolute Gasteiger partial charge is 0.264 e. The van der Waals surface area contributed by atoms with E-state index < -0.39 is 11.6 Å². The lowest BCUT2D eigenvalue weighted by molar-refractivity contribution is -0.534. The van der Waals surface area contributed by atoms with Crippen LogP contribution < -0.4 is 0 Å². The summed E-state index contributed by atoms with van der Waals surface area (Å²) in [7, 11) is 0. The molecule has 5 heteroatoms. The number of nitroso groups, excluding NO2 is 1. The van der Waals surface area contributed by atoms with Crippen molar-refractivity contribution in [3.05, 3.63) is 27.2 Å². The van der Waals surface area contributed by atoms with E-state index in [0.717, 1.165) is 18.4 Å². The Morgan fingerprint density at radius 3 is 2.50 bits per heavy atom. The lowest BCUT2D eigenvalue weighted by atomic mass is 9.52. The van der Waals surface area contributed by atoms with Crippen LogP contribution in [0.25, 0.3) is 0 Å². The number of allylic oxidation sites excluding steroid dienone is 1. The molecule has 2 aliphatic carbocycles. The number of nitrogens with zero attached hydrogens (tertiary/aromatic N) is 2. The Morgan fingerprint density at radius 1 is 1.35 bits per heavy atom. The summed E-state index contributed by atoms with van der Waals surface area (Å²) in [6, 6.07) is -0.891. The van der Waals surface area contributed by atoms with Gasteiger partial charge in [-0.15, -0.1) is 4.91 Å². The minimum absolute atomic E-state index is 0.242. The Labute approximate surface area is 119 Å².